The standard InChI is InChI=1S/C13H10BrN3OS/c14-10-5-12(19-7-10)6-15-11-3-1-2-9(4-11)13-17-16-8-18-13/h1-5,7-8,15H,6H2. The van der Waals surface area contributed by atoms with E-state index in [1.54, 1.807) is 11.3 Å². The largest absolute Gasteiger partial charge is 0.423 e. The highest BCUT2D eigenvalue weighted by molar-refractivity contribution is 9.10. The zero-order chi connectivity index (χ0) is 13.1. The Morgan fingerprint density at radius 2 is 2.26 bits per heavy atom. The Labute approximate surface area is 122 Å². The van der Waals surface area contributed by atoms with Crippen molar-refractivity contribution in [2.24, 2.45) is 0 Å². The topological polar surface area (TPSA) is 51.0 Å². The Morgan fingerprint density at radius 3 is 3.00 bits per heavy atom. The molecule has 1 aromatic carbocycles. The van der Waals surface area contributed by atoms with Crippen molar-refractivity contribution >= 4 is 33.0 Å². The van der Waals surface area contributed by atoms with Crippen molar-refractivity contribution < 1.29 is 4.42 Å². The van der Waals surface area contributed by atoms with Crippen LogP contribution in [0.5, 0.6) is 0 Å². The molecule has 0 aliphatic carbocycles. The fourth-order valence-electron chi connectivity index (χ4n) is 1.70. The van der Waals surface area contributed by atoms with E-state index in [0.29, 0.717) is 5.89 Å². The van der Waals surface area contributed by atoms with Crippen molar-refractivity contribution in [2.45, 2.75) is 6.54 Å². The summed E-state index contributed by atoms with van der Waals surface area (Å²) in [6.07, 6.45) is 1.33. The molecule has 3 aromatic rings. The second kappa shape index (κ2) is 5.54. The first-order valence-electron chi connectivity index (χ1n) is 5.64. The third-order valence-corrected chi connectivity index (χ3v) is 4.26. The lowest BCUT2D eigenvalue weighted by molar-refractivity contribution is 0.568. The molecule has 3 rings (SSSR count). The molecule has 2 heterocycles. The van der Waals surface area contributed by atoms with Gasteiger partial charge in [-0.2, -0.15) is 0 Å². The summed E-state index contributed by atoms with van der Waals surface area (Å²) in [6, 6.07) is 10.0. The van der Waals surface area contributed by atoms with Gasteiger partial charge in [-0.25, -0.2) is 0 Å². The van der Waals surface area contributed by atoms with E-state index in [2.05, 4.69) is 42.9 Å². The smallest absolute Gasteiger partial charge is 0.247 e. The molecule has 1 N–H and O–H groups in total. The molecule has 0 saturated heterocycles. The van der Waals surface area contributed by atoms with Crippen molar-refractivity contribution in [1.82, 2.24) is 10.2 Å². The quantitative estimate of drug-likeness (QED) is 0.777. The molecule has 0 amide bonds. The van der Waals surface area contributed by atoms with Gasteiger partial charge in [0, 0.05) is 32.5 Å². The molecule has 0 fully saturated rings. The molecular weight excluding hydrogens is 326 g/mol. The molecule has 0 spiro atoms. The summed E-state index contributed by atoms with van der Waals surface area (Å²) in [7, 11) is 0. The van der Waals surface area contributed by atoms with Gasteiger partial charge in [0.05, 0.1) is 0 Å². The van der Waals surface area contributed by atoms with Crippen molar-refractivity contribution in [1.29, 1.82) is 0 Å². The first-order chi connectivity index (χ1) is 9.31. The van der Waals surface area contributed by atoms with Gasteiger partial charge in [-0.3, -0.25) is 0 Å². The number of benzene rings is 1. The van der Waals surface area contributed by atoms with Gasteiger partial charge in [-0.05, 0) is 40.2 Å². The van der Waals surface area contributed by atoms with E-state index in [1.807, 2.05) is 24.3 Å². The first-order valence-corrected chi connectivity index (χ1v) is 7.32. The maximum absolute atomic E-state index is 5.19. The van der Waals surface area contributed by atoms with Crippen molar-refractivity contribution in [2.75, 3.05) is 5.32 Å². The minimum Gasteiger partial charge on any atom is -0.423 e. The first kappa shape index (κ1) is 12.4. The van der Waals surface area contributed by atoms with Crippen LogP contribution in [0.1, 0.15) is 4.88 Å². The van der Waals surface area contributed by atoms with Gasteiger partial charge in [0.25, 0.3) is 0 Å². The average Bonchev–Trinajstić information content (AvgIpc) is 3.08. The van der Waals surface area contributed by atoms with E-state index in [1.165, 1.54) is 11.3 Å². The van der Waals surface area contributed by atoms with Crippen LogP contribution in [0, 0.1) is 0 Å². The van der Waals surface area contributed by atoms with Crippen LogP contribution in [0.4, 0.5) is 5.69 Å². The van der Waals surface area contributed by atoms with Crippen molar-refractivity contribution in [3.05, 3.63) is 51.5 Å². The van der Waals surface area contributed by atoms with E-state index in [0.717, 1.165) is 22.3 Å². The minimum atomic E-state index is 0.530. The number of hydrogen-bond acceptors (Lipinski definition) is 5. The molecule has 2 aromatic heterocycles. The highest BCUT2D eigenvalue weighted by atomic mass is 79.9. The predicted molar refractivity (Wildman–Crippen MR) is 79.1 cm³/mol. The molecule has 0 atom stereocenters. The Balaban J connectivity index is 1.73. The molecule has 0 radical (unpaired) electrons. The predicted octanol–water partition coefficient (Wildman–Crippen LogP) is 4.17. The van der Waals surface area contributed by atoms with Gasteiger partial charge in [-0.1, -0.05) is 6.07 Å². The van der Waals surface area contributed by atoms with Crippen LogP contribution in [0.3, 0.4) is 0 Å². The Morgan fingerprint density at radius 1 is 1.32 bits per heavy atom. The summed E-state index contributed by atoms with van der Waals surface area (Å²) in [6.45, 7) is 0.795. The van der Waals surface area contributed by atoms with Crippen molar-refractivity contribution in [3.8, 4) is 11.5 Å². The van der Waals surface area contributed by atoms with Gasteiger partial charge in [0.1, 0.15) is 0 Å². The molecular formula is C13H10BrN3OS. The Kier molecular flexibility index (Phi) is 3.61. The van der Waals surface area contributed by atoms with Gasteiger partial charge in [-0.15, -0.1) is 21.5 Å². The molecule has 96 valence electrons. The second-order valence-corrected chi connectivity index (χ2v) is 5.82. The van der Waals surface area contributed by atoms with E-state index in [-0.39, 0.29) is 0 Å². The number of hydrogen-bond donors (Lipinski definition) is 1. The highest BCUT2D eigenvalue weighted by Crippen LogP contribution is 2.23. The summed E-state index contributed by atoms with van der Waals surface area (Å²) in [5.74, 6) is 0.530. The minimum absolute atomic E-state index is 0.530. The molecule has 0 aliphatic heterocycles. The number of nitrogens with zero attached hydrogens (tertiary/aromatic N) is 2. The SMILES string of the molecule is Brc1csc(CNc2cccc(-c3nnco3)c2)c1. The average molecular weight is 336 g/mol. The molecule has 0 saturated carbocycles. The monoisotopic (exact) mass is 335 g/mol. The maximum atomic E-state index is 5.19. The number of aromatic nitrogens is 2. The van der Waals surface area contributed by atoms with E-state index >= 15 is 0 Å². The summed E-state index contributed by atoms with van der Waals surface area (Å²) >= 11 is 5.17. The second-order valence-electron chi connectivity index (χ2n) is 3.91. The highest BCUT2D eigenvalue weighted by Gasteiger charge is 2.04. The summed E-state index contributed by atoms with van der Waals surface area (Å²) in [4.78, 5) is 1.27. The molecule has 0 bridgehead atoms. The van der Waals surface area contributed by atoms with Gasteiger partial charge in [0.15, 0.2) is 0 Å². The van der Waals surface area contributed by atoms with Crippen LogP contribution < -0.4 is 5.32 Å². The summed E-state index contributed by atoms with van der Waals surface area (Å²) < 4.78 is 6.31. The van der Waals surface area contributed by atoms with Crippen LogP contribution >= 0.6 is 27.3 Å². The Hall–Kier alpha value is -1.66. The van der Waals surface area contributed by atoms with Crippen LogP contribution in [0.15, 0.2) is 51.0 Å². The van der Waals surface area contributed by atoms with Crippen LogP contribution in [-0.4, -0.2) is 10.2 Å². The van der Waals surface area contributed by atoms with E-state index in [4.69, 9.17) is 4.42 Å². The normalized spacial score (nSPS) is 10.6. The lowest BCUT2D eigenvalue weighted by Crippen LogP contribution is -1.97. The van der Waals surface area contributed by atoms with Crippen LogP contribution in [-0.2, 0) is 6.54 Å². The number of anilines is 1. The zero-order valence-corrected chi connectivity index (χ0v) is 12.2. The van der Waals surface area contributed by atoms with Gasteiger partial charge in [0.2, 0.25) is 12.3 Å². The molecule has 6 heteroatoms. The molecule has 19 heavy (non-hydrogen) atoms. The Bertz CT molecular complexity index is 666. The lowest BCUT2D eigenvalue weighted by atomic mass is 10.2. The van der Waals surface area contributed by atoms with Crippen LogP contribution in [0.2, 0.25) is 0 Å². The summed E-state index contributed by atoms with van der Waals surface area (Å²) in [5, 5.41) is 13.0. The fraction of sp³-hybridized carbons (Fsp3) is 0.0769. The third kappa shape index (κ3) is 3.02. The number of nitrogens with one attached hydrogen (secondary N) is 1. The number of halogens is 1. The molecule has 0 aliphatic rings. The van der Waals surface area contributed by atoms with Gasteiger partial charge >= 0.3 is 0 Å². The zero-order valence-electron chi connectivity index (χ0n) is 9.84. The van der Waals surface area contributed by atoms with E-state index in [9.17, 15) is 0 Å². The fourth-order valence-corrected chi connectivity index (χ4v) is 3.09. The van der Waals surface area contributed by atoms with Gasteiger partial charge < -0.3 is 9.73 Å². The maximum Gasteiger partial charge on any atom is 0.247 e. The van der Waals surface area contributed by atoms with Crippen LogP contribution in [0.25, 0.3) is 11.5 Å². The lowest BCUT2D eigenvalue weighted by Gasteiger charge is -2.05. The van der Waals surface area contributed by atoms with E-state index < -0.39 is 0 Å². The number of thiophene rings is 1. The third-order valence-electron chi connectivity index (χ3n) is 2.56. The number of rotatable bonds is 4. The van der Waals surface area contributed by atoms with Crippen molar-refractivity contribution in [3.63, 3.8) is 0 Å². The summed E-state index contributed by atoms with van der Waals surface area (Å²) in [5.41, 5.74) is 1.94. The molecule has 4 nitrogen and oxygen atoms in total. The molecule has 0 unspecified atom stereocenters.